The molecule has 2 aromatic rings. The Labute approximate surface area is 97.2 Å². The van der Waals surface area contributed by atoms with Crippen molar-refractivity contribution in [2.45, 2.75) is 41.0 Å². The van der Waals surface area contributed by atoms with E-state index in [1.165, 1.54) is 10.3 Å². The lowest BCUT2D eigenvalue weighted by Gasteiger charge is -1.93. The number of hydrogen-bond donors (Lipinski definition) is 0. The Hall–Kier alpha value is -0.890. The molecule has 1 aromatic carbocycles. The fraction of sp³-hybridized carbons (Fsp3) is 0.462. The van der Waals surface area contributed by atoms with Crippen molar-refractivity contribution in [3.8, 4) is 0 Å². The molecule has 0 unspecified atom stereocenters. The van der Waals surface area contributed by atoms with Crippen LogP contribution < -0.4 is 0 Å². The molecule has 0 radical (unpaired) electrons. The van der Waals surface area contributed by atoms with Gasteiger partial charge in [-0.05, 0) is 24.1 Å². The summed E-state index contributed by atoms with van der Waals surface area (Å²) in [5.74, 6) is 0. The van der Waals surface area contributed by atoms with Gasteiger partial charge in [0, 0.05) is 0 Å². The highest BCUT2D eigenvalue weighted by Crippen LogP contribution is 2.18. The Balaban J connectivity index is 0.000000442. The average molecular weight is 223 g/mol. The summed E-state index contributed by atoms with van der Waals surface area (Å²) in [6.45, 7) is 10.2. The lowest BCUT2D eigenvalue weighted by Crippen LogP contribution is -1.77. The van der Waals surface area contributed by atoms with Gasteiger partial charge in [0.15, 0.2) is 0 Å². The Morgan fingerprint density at radius 1 is 1.13 bits per heavy atom. The van der Waals surface area contributed by atoms with Gasteiger partial charge in [-0.1, -0.05) is 40.7 Å². The first-order valence-corrected chi connectivity index (χ1v) is 6.60. The van der Waals surface area contributed by atoms with E-state index >= 15 is 0 Å². The number of aromatic nitrogens is 1. The first-order valence-electron chi connectivity index (χ1n) is 5.72. The number of aryl methyl sites for hydroxylation is 1. The number of nitrogens with zero attached hydrogens (tertiary/aromatic N) is 1. The summed E-state index contributed by atoms with van der Waals surface area (Å²) in [6.07, 6.45) is 1.09. The molecule has 0 aliphatic heterocycles. The zero-order valence-corrected chi connectivity index (χ0v) is 11.2. The van der Waals surface area contributed by atoms with Gasteiger partial charge < -0.3 is 0 Å². The van der Waals surface area contributed by atoms with Crippen molar-refractivity contribution in [3.05, 3.63) is 29.3 Å². The van der Waals surface area contributed by atoms with Crippen LogP contribution in [0.3, 0.4) is 0 Å². The van der Waals surface area contributed by atoms with Crippen LogP contribution in [0.1, 0.15) is 40.2 Å². The fourth-order valence-electron chi connectivity index (χ4n) is 1.12. The largest absolute Gasteiger partial charge is 0.245 e. The summed E-state index contributed by atoms with van der Waals surface area (Å²) in [5, 5.41) is 0. The van der Waals surface area contributed by atoms with Gasteiger partial charge >= 0.3 is 0 Å². The lowest BCUT2D eigenvalue weighted by molar-refractivity contribution is 1.14. The van der Waals surface area contributed by atoms with Crippen molar-refractivity contribution in [1.29, 1.82) is 0 Å². The third-order valence-electron chi connectivity index (χ3n) is 1.80. The van der Waals surface area contributed by atoms with Crippen LogP contribution in [0.4, 0.5) is 0 Å². The van der Waals surface area contributed by atoms with E-state index in [9.17, 15) is 0 Å². The topological polar surface area (TPSA) is 12.9 Å². The van der Waals surface area contributed by atoms with Gasteiger partial charge in [0.25, 0.3) is 0 Å². The molecule has 0 atom stereocenters. The van der Waals surface area contributed by atoms with Crippen LogP contribution in [-0.2, 0) is 6.42 Å². The summed E-state index contributed by atoms with van der Waals surface area (Å²) in [7, 11) is 0. The van der Waals surface area contributed by atoms with Gasteiger partial charge in [-0.25, -0.2) is 4.98 Å². The minimum atomic E-state index is 1.09. The van der Waals surface area contributed by atoms with Crippen molar-refractivity contribution < 1.29 is 0 Å². The van der Waals surface area contributed by atoms with Gasteiger partial charge in [-0.2, -0.15) is 0 Å². The minimum Gasteiger partial charge on any atom is -0.245 e. The van der Waals surface area contributed by atoms with Crippen LogP contribution in [0, 0.1) is 0 Å². The number of rotatable bonds is 1. The van der Waals surface area contributed by atoms with Crippen molar-refractivity contribution in [2.24, 2.45) is 0 Å². The summed E-state index contributed by atoms with van der Waals surface area (Å²) in [6, 6.07) is 6.47. The molecule has 0 saturated carbocycles. The highest BCUT2D eigenvalue weighted by molar-refractivity contribution is 7.16. The summed E-state index contributed by atoms with van der Waals surface area (Å²) < 4.78 is 1.28. The third kappa shape index (κ3) is 4.00. The maximum absolute atomic E-state index is 4.25. The zero-order valence-electron chi connectivity index (χ0n) is 10.4. The van der Waals surface area contributed by atoms with Crippen molar-refractivity contribution in [2.75, 3.05) is 0 Å². The number of thiazole rings is 1. The molecule has 1 aromatic heterocycles. The molecular formula is C13H21NS. The normalized spacial score (nSPS) is 8.60. The van der Waals surface area contributed by atoms with Gasteiger partial charge in [0.05, 0.1) is 15.7 Å². The molecular weight excluding hydrogens is 202 g/mol. The third-order valence-corrected chi connectivity index (χ3v) is 2.61. The van der Waals surface area contributed by atoms with E-state index in [1.807, 2.05) is 33.2 Å². The van der Waals surface area contributed by atoms with Crippen LogP contribution in [0.5, 0.6) is 0 Å². The molecule has 0 bridgehead atoms. The summed E-state index contributed by atoms with van der Waals surface area (Å²) in [5.41, 5.74) is 4.39. The molecule has 0 fully saturated rings. The number of benzene rings is 1. The van der Waals surface area contributed by atoms with E-state index in [0.717, 1.165) is 11.9 Å². The van der Waals surface area contributed by atoms with Crippen LogP contribution in [0.2, 0.25) is 0 Å². The van der Waals surface area contributed by atoms with E-state index in [1.54, 1.807) is 11.3 Å². The Morgan fingerprint density at radius 2 is 1.80 bits per heavy atom. The predicted molar refractivity (Wildman–Crippen MR) is 71.7 cm³/mol. The minimum absolute atomic E-state index is 1.09. The number of fused-ring (bicyclic) bond motifs is 1. The molecule has 2 heteroatoms. The van der Waals surface area contributed by atoms with Gasteiger partial charge in [0.1, 0.15) is 0 Å². The second-order valence-electron chi connectivity index (χ2n) is 2.51. The summed E-state index contributed by atoms with van der Waals surface area (Å²) >= 11 is 1.70. The summed E-state index contributed by atoms with van der Waals surface area (Å²) in [4.78, 5) is 4.25. The molecule has 0 amide bonds. The smallest absolute Gasteiger partial charge is 0.0814 e. The van der Waals surface area contributed by atoms with E-state index < -0.39 is 0 Å². The van der Waals surface area contributed by atoms with Gasteiger partial charge in [0.2, 0.25) is 0 Å². The molecule has 1 nitrogen and oxygen atoms in total. The average Bonchev–Trinajstić information content (AvgIpc) is 2.81. The monoisotopic (exact) mass is 223 g/mol. The van der Waals surface area contributed by atoms with E-state index in [-0.39, 0.29) is 0 Å². The molecule has 0 aliphatic rings. The molecule has 2 rings (SSSR count). The van der Waals surface area contributed by atoms with Crippen LogP contribution >= 0.6 is 11.3 Å². The second-order valence-corrected chi connectivity index (χ2v) is 3.39. The Bertz CT molecular complexity index is 365. The van der Waals surface area contributed by atoms with Crippen LogP contribution in [0.25, 0.3) is 10.2 Å². The molecule has 0 N–H and O–H groups in total. The van der Waals surface area contributed by atoms with Crippen molar-refractivity contribution >= 4 is 21.6 Å². The molecule has 84 valence electrons. The molecule has 0 aliphatic carbocycles. The molecule has 15 heavy (non-hydrogen) atoms. The predicted octanol–water partition coefficient (Wildman–Crippen LogP) is 4.91. The maximum Gasteiger partial charge on any atom is 0.0814 e. The molecule has 0 spiro atoms. The van der Waals surface area contributed by atoms with E-state index in [4.69, 9.17) is 0 Å². The second kappa shape index (κ2) is 8.42. The highest BCUT2D eigenvalue weighted by Gasteiger charge is 1.95. The first kappa shape index (κ1) is 14.1. The molecule has 0 saturated heterocycles. The van der Waals surface area contributed by atoms with Crippen LogP contribution in [0.15, 0.2) is 23.7 Å². The lowest BCUT2D eigenvalue weighted by atomic mass is 10.2. The SMILES string of the molecule is CC.CC.CCc1ccc2scnc2c1. The fourth-order valence-corrected chi connectivity index (χ4v) is 1.78. The highest BCUT2D eigenvalue weighted by atomic mass is 32.1. The first-order chi connectivity index (χ1) is 7.40. The van der Waals surface area contributed by atoms with Crippen molar-refractivity contribution in [3.63, 3.8) is 0 Å². The van der Waals surface area contributed by atoms with E-state index in [0.29, 0.717) is 0 Å². The zero-order chi connectivity index (χ0) is 11.7. The van der Waals surface area contributed by atoms with E-state index in [2.05, 4.69) is 30.1 Å². The number of hydrogen-bond acceptors (Lipinski definition) is 2. The van der Waals surface area contributed by atoms with Crippen LogP contribution in [-0.4, -0.2) is 4.98 Å². The standard InChI is InChI=1S/C9H9NS.2C2H6/c1-2-7-3-4-9-8(5-7)10-6-11-9;2*1-2/h3-6H,2H2,1H3;2*1-2H3. The maximum atomic E-state index is 4.25. The quantitative estimate of drug-likeness (QED) is 0.669. The molecule has 1 heterocycles. The van der Waals surface area contributed by atoms with Gasteiger partial charge in [-0.15, -0.1) is 11.3 Å². The Morgan fingerprint density at radius 3 is 2.40 bits per heavy atom. The van der Waals surface area contributed by atoms with Gasteiger partial charge in [-0.3, -0.25) is 0 Å². The van der Waals surface area contributed by atoms with Crippen molar-refractivity contribution in [1.82, 2.24) is 4.98 Å². The Kier molecular flexibility index (Phi) is 7.92.